The number of aryl methyl sites for hydroxylation is 1. The maximum atomic E-state index is 10.3. The zero-order valence-corrected chi connectivity index (χ0v) is 9.11. The Morgan fingerprint density at radius 2 is 1.67 bits per heavy atom. The second kappa shape index (κ2) is 6.20. The first kappa shape index (κ1) is 14.2. The van der Waals surface area contributed by atoms with Gasteiger partial charge in [0.15, 0.2) is 0 Å². The third-order valence-electron chi connectivity index (χ3n) is 1.30. The van der Waals surface area contributed by atoms with E-state index in [1.165, 1.54) is 0 Å². The predicted octanol–water partition coefficient (Wildman–Crippen LogP) is -1.48. The summed E-state index contributed by atoms with van der Waals surface area (Å²) in [5.74, 6) is -0.875. The molecule has 12 heavy (non-hydrogen) atoms. The molecule has 3 nitrogen and oxygen atoms in total. The second-order valence-electron chi connectivity index (χ2n) is 2.17. The van der Waals surface area contributed by atoms with Crippen molar-refractivity contribution in [2.24, 2.45) is 0 Å². The Bertz CT molecular complexity index is 243. The predicted molar refractivity (Wildman–Crippen MR) is 40.1 cm³/mol. The molecule has 2 N–H and O–H groups in total. The summed E-state index contributed by atoms with van der Waals surface area (Å²) in [6.07, 6.45) is 0. The molecule has 60 valence electrons. The van der Waals surface area contributed by atoms with E-state index in [-0.39, 0.29) is 35.0 Å². The molecule has 4 heteroatoms. The molecule has 0 aromatic heterocycles. The number of hydrogen-bond acceptors (Lipinski definition) is 2. The first-order chi connectivity index (χ1) is 4.70. The van der Waals surface area contributed by atoms with Crippen LogP contribution in [0.25, 0.3) is 0 Å². The van der Waals surface area contributed by atoms with E-state index < -0.39 is 5.97 Å². The molecule has 1 aromatic carbocycles. The zero-order valence-electron chi connectivity index (χ0n) is 7.11. The SMILES string of the molecule is Cc1ccc(C(=O)O)cc1.[Na+].[OH-]. The van der Waals surface area contributed by atoms with Gasteiger partial charge in [0.05, 0.1) is 5.56 Å². The first-order valence-electron chi connectivity index (χ1n) is 3.00. The van der Waals surface area contributed by atoms with Crippen LogP contribution in [0.5, 0.6) is 0 Å². The van der Waals surface area contributed by atoms with Gasteiger partial charge in [0.2, 0.25) is 0 Å². The van der Waals surface area contributed by atoms with E-state index in [1.807, 2.05) is 6.92 Å². The van der Waals surface area contributed by atoms with Crippen molar-refractivity contribution in [3.05, 3.63) is 35.4 Å². The van der Waals surface area contributed by atoms with Crippen molar-refractivity contribution in [3.63, 3.8) is 0 Å². The number of carbonyl (C=O) groups is 1. The minimum atomic E-state index is -0.875. The molecular formula is C8H9NaO3. The molecule has 0 aliphatic rings. The minimum absolute atomic E-state index is 0. The summed E-state index contributed by atoms with van der Waals surface area (Å²) >= 11 is 0. The maximum Gasteiger partial charge on any atom is 1.00 e. The van der Waals surface area contributed by atoms with Gasteiger partial charge in [-0.1, -0.05) is 17.7 Å². The number of carboxylic acids is 1. The van der Waals surface area contributed by atoms with Gasteiger partial charge in [-0.25, -0.2) is 4.79 Å². The van der Waals surface area contributed by atoms with Crippen molar-refractivity contribution in [2.45, 2.75) is 6.92 Å². The normalized spacial score (nSPS) is 7.75. The molecule has 0 unspecified atom stereocenters. The molecule has 0 aliphatic heterocycles. The van der Waals surface area contributed by atoms with Crippen molar-refractivity contribution < 1.29 is 44.9 Å². The third kappa shape index (κ3) is 3.88. The number of benzene rings is 1. The van der Waals surface area contributed by atoms with Crippen LogP contribution in [-0.4, -0.2) is 16.6 Å². The Kier molecular flexibility index (Phi) is 7.33. The molecule has 0 atom stereocenters. The summed E-state index contributed by atoms with van der Waals surface area (Å²) in [5.41, 5.74) is 1.41. The Labute approximate surface area is 93.0 Å². The number of hydrogen-bond donors (Lipinski definition) is 1. The topological polar surface area (TPSA) is 67.3 Å². The van der Waals surface area contributed by atoms with Gasteiger partial charge in [-0.2, -0.15) is 0 Å². The van der Waals surface area contributed by atoms with Gasteiger partial charge in [0.25, 0.3) is 0 Å². The molecule has 1 rings (SSSR count). The standard InChI is InChI=1S/C8H8O2.Na.H2O/c1-6-2-4-7(5-3-6)8(9)10;;/h2-5H,1H3,(H,9,10);;1H2/q;+1;/p-1. The van der Waals surface area contributed by atoms with Crippen LogP contribution in [0.3, 0.4) is 0 Å². The van der Waals surface area contributed by atoms with E-state index in [4.69, 9.17) is 5.11 Å². The van der Waals surface area contributed by atoms with Gasteiger partial charge in [-0.3, -0.25) is 0 Å². The van der Waals surface area contributed by atoms with Crippen LogP contribution in [0.2, 0.25) is 0 Å². The molecule has 0 radical (unpaired) electrons. The molecule has 0 amide bonds. The summed E-state index contributed by atoms with van der Waals surface area (Å²) in [6, 6.07) is 6.75. The van der Waals surface area contributed by atoms with E-state index in [2.05, 4.69) is 0 Å². The number of carboxylic acid groups (broad SMARTS) is 1. The molecule has 0 saturated heterocycles. The van der Waals surface area contributed by atoms with Gasteiger partial charge < -0.3 is 10.6 Å². The summed E-state index contributed by atoms with van der Waals surface area (Å²) in [4.78, 5) is 10.3. The van der Waals surface area contributed by atoms with E-state index in [1.54, 1.807) is 24.3 Å². The molecular weight excluding hydrogens is 167 g/mol. The Hall–Kier alpha value is -0.350. The molecule has 0 saturated carbocycles. The summed E-state index contributed by atoms with van der Waals surface area (Å²) in [6.45, 7) is 1.92. The largest absolute Gasteiger partial charge is 1.00 e. The Morgan fingerprint density at radius 3 is 2.00 bits per heavy atom. The zero-order chi connectivity index (χ0) is 7.56. The first-order valence-corrected chi connectivity index (χ1v) is 3.00. The second-order valence-corrected chi connectivity index (χ2v) is 2.17. The smallest absolute Gasteiger partial charge is 0.870 e. The fourth-order valence-electron chi connectivity index (χ4n) is 0.696. The van der Waals surface area contributed by atoms with Gasteiger partial charge >= 0.3 is 35.5 Å². The molecule has 0 bridgehead atoms. The summed E-state index contributed by atoms with van der Waals surface area (Å²) in [7, 11) is 0. The van der Waals surface area contributed by atoms with E-state index >= 15 is 0 Å². The summed E-state index contributed by atoms with van der Waals surface area (Å²) in [5, 5.41) is 8.48. The van der Waals surface area contributed by atoms with Gasteiger partial charge in [0.1, 0.15) is 0 Å². The van der Waals surface area contributed by atoms with Crippen molar-refractivity contribution in [3.8, 4) is 0 Å². The van der Waals surface area contributed by atoms with Crippen LogP contribution in [0.15, 0.2) is 24.3 Å². The molecule has 0 aliphatic carbocycles. The third-order valence-corrected chi connectivity index (χ3v) is 1.30. The molecule has 0 spiro atoms. The van der Waals surface area contributed by atoms with E-state index in [0.29, 0.717) is 5.56 Å². The van der Waals surface area contributed by atoms with Crippen molar-refractivity contribution in [1.29, 1.82) is 0 Å². The van der Waals surface area contributed by atoms with Crippen LogP contribution in [0.4, 0.5) is 0 Å². The van der Waals surface area contributed by atoms with Crippen molar-refractivity contribution in [1.82, 2.24) is 0 Å². The van der Waals surface area contributed by atoms with Crippen LogP contribution < -0.4 is 29.6 Å². The fourth-order valence-corrected chi connectivity index (χ4v) is 0.696. The number of aromatic carboxylic acids is 1. The van der Waals surface area contributed by atoms with Crippen molar-refractivity contribution >= 4 is 5.97 Å². The van der Waals surface area contributed by atoms with Crippen LogP contribution in [0.1, 0.15) is 15.9 Å². The molecule has 0 fully saturated rings. The van der Waals surface area contributed by atoms with E-state index in [0.717, 1.165) is 5.56 Å². The van der Waals surface area contributed by atoms with Gasteiger partial charge in [0, 0.05) is 0 Å². The monoisotopic (exact) mass is 176 g/mol. The Morgan fingerprint density at radius 1 is 1.25 bits per heavy atom. The van der Waals surface area contributed by atoms with Crippen LogP contribution in [0, 0.1) is 6.92 Å². The van der Waals surface area contributed by atoms with Gasteiger partial charge in [-0.15, -0.1) is 0 Å². The maximum absolute atomic E-state index is 10.3. The van der Waals surface area contributed by atoms with Gasteiger partial charge in [-0.05, 0) is 19.1 Å². The summed E-state index contributed by atoms with van der Waals surface area (Å²) < 4.78 is 0. The number of rotatable bonds is 1. The van der Waals surface area contributed by atoms with Crippen molar-refractivity contribution in [2.75, 3.05) is 0 Å². The average Bonchev–Trinajstić information content (AvgIpc) is 1.88. The fraction of sp³-hybridized carbons (Fsp3) is 0.125. The van der Waals surface area contributed by atoms with Crippen LogP contribution >= 0.6 is 0 Å². The molecule has 1 aromatic rings. The van der Waals surface area contributed by atoms with E-state index in [9.17, 15) is 4.79 Å². The molecule has 0 heterocycles. The quantitative estimate of drug-likeness (QED) is 0.530. The average molecular weight is 176 g/mol. The minimum Gasteiger partial charge on any atom is -0.870 e. The van der Waals surface area contributed by atoms with Crippen LogP contribution in [-0.2, 0) is 0 Å². The Balaban J connectivity index is 0.